The third-order valence-corrected chi connectivity index (χ3v) is 15.9. The summed E-state index contributed by atoms with van der Waals surface area (Å²) in [4.78, 5) is 67.9. The highest BCUT2D eigenvalue weighted by atomic mass is 16.7. The van der Waals surface area contributed by atoms with Crippen molar-refractivity contribution in [1.82, 2.24) is 14.5 Å². The van der Waals surface area contributed by atoms with Gasteiger partial charge >= 0.3 is 23.6 Å². The number of carbonyl (C=O) groups excluding carboxylic acids is 3. The molecule has 1 saturated heterocycles. The number of ether oxygens (including phenoxy) is 6. The predicted octanol–water partition coefficient (Wildman–Crippen LogP) is 5.38. The molecule has 3 aromatic carbocycles. The molecule has 4 bridgehead atoms. The van der Waals surface area contributed by atoms with Gasteiger partial charge in [-0.1, -0.05) is 70.2 Å². The molecule has 1 amide bonds. The molecule has 5 N–H and O–H groups in total. The highest BCUT2D eigenvalue weighted by Gasteiger charge is 2.51. The molecule has 10 atom stereocenters. The lowest BCUT2D eigenvalue weighted by Gasteiger charge is -2.38. The molecule has 5 aliphatic heterocycles. The van der Waals surface area contributed by atoms with Crippen molar-refractivity contribution in [2.45, 2.75) is 130 Å². The Bertz CT molecular complexity index is 3260. The minimum Gasteiger partial charge on any atom is -0.507 e. The number of nitrogens with one attached hydrogen (secondary N) is 1. The number of anilines is 1. The van der Waals surface area contributed by atoms with Gasteiger partial charge in [-0.2, -0.15) is 0 Å². The number of aromatic hydroxyl groups is 2. The van der Waals surface area contributed by atoms with Gasteiger partial charge in [0.1, 0.15) is 52.9 Å². The van der Waals surface area contributed by atoms with Crippen LogP contribution in [0.1, 0.15) is 88.4 Å². The summed E-state index contributed by atoms with van der Waals surface area (Å²) in [6, 6.07) is 8.24. The van der Waals surface area contributed by atoms with Crippen LogP contribution in [0.3, 0.4) is 0 Å². The zero-order valence-corrected chi connectivity index (χ0v) is 45.1. The van der Waals surface area contributed by atoms with Gasteiger partial charge in [0.05, 0.1) is 54.4 Å². The van der Waals surface area contributed by atoms with Gasteiger partial charge in [0, 0.05) is 98.6 Å². The van der Waals surface area contributed by atoms with Crippen LogP contribution in [0.15, 0.2) is 76.6 Å². The van der Waals surface area contributed by atoms with Crippen LogP contribution in [-0.2, 0) is 48.2 Å². The normalized spacial score (nSPS) is 29.7. The van der Waals surface area contributed by atoms with Gasteiger partial charge in [-0.05, 0) is 36.0 Å². The number of esters is 1. The number of amides is 1. The topological polar surface area (TPSA) is 288 Å². The number of benzene rings is 3. The quantitative estimate of drug-likeness (QED) is 0.0641. The summed E-state index contributed by atoms with van der Waals surface area (Å²) >= 11 is 0. The predicted molar refractivity (Wildman–Crippen MR) is 281 cm³/mol. The van der Waals surface area contributed by atoms with Crippen molar-refractivity contribution in [1.29, 1.82) is 0 Å². The molecule has 1 spiro atoms. The van der Waals surface area contributed by atoms with Crippen LogP contribution >= 0.6 is 0 Å². The smallest absolute Gasteiger partial charge is 0.414 e. The summed E-state index contributed by atoms with van der Waals surface area (Å²) in [7, 11) is 1.46. The number of phenols is 2. The van der Waals surface area contributed by atoms with Crippen molar-refractivity contribution < 1.29 is 68.2 Å². The molecule has 0 radical (unpaired) electrons. The van der Waals surface area contributed by atoms with E-state index in [-0.39, 0.29) is 74.2 Å². The van der Waals surface area contributed by atoms with Crippen molar-refractivity contribution in [2.75, 3.05) is 32.1 Å². The van der Waals surface area contributed by atoms with Crippen molar-refractivity contribution in [3.8, 4) is 23.3 Å². The Balaban J connectivity index is 1.02. The van der Waals surface area contributed by atoms with Gasteiger partial charge in [0.2, 0.25) is 0 Å². The molecule has 9 rings (SSSR count). The second-order valence-corrected chi connectivity index (χ2v) is 21.4. The molecule has 1 aromatic heterocycles. The number of aliphatic hydroxyl groups excluding tert-OH is 2. The SMILES string of the molecule is CO[C@H]1/C=C/O[C@@]2(C)Oc3c(C)c(O)c4c(O)c(c5c(c4c3C2=O)NC2(CCN(Cc3ccc(CO[C@@H]4COc6nc([N+](=O)[O-])cn6C4)cc3)CC2)N=5)=NC(=O)/C(C)=C\C=C\[C@H](C)[C@H](O)[C@@H](C)[C@@H](O)[C@@H](C)[C@H](OC(C)=O)[C@@H]1C. The number of rotatable bonds is 8. The second-order valence-electron chi connectivity index (χ2n) is 21.4. The highest BCUT2D eigenvalue weighted by Crippen LogP contribution is 2.51. The summed E-state index contributed by atoms with van der Waals surface area (Å²) in [5.74, 6) is -7.73. The second kappa shape index (κ2) is 21.9. The molecular weight excluding hydrogens is 1010 g/mol. The number of fused-ring (bicyclic) bond motifs is 2. The van der Waals surface area contributed by atoms with Crippen molar-refractivity contribution in [2.24, 2.45) is 33.7 Å². The van der Waals surface area contributed by atoms with Gasteiger partial charge in [-0.25, -0.2) is 4.99 Å². The van der Waals surface area contributed by atoms with Crippen LogP contribution in [0.5, 0.6) is 23.3 Å². The first-order valence-corrected chi connectivity index (χ1v) is 26.1. The number of Topliss-reactive ketones (excluding diaryl/α,β-unsaturated/α-hetero) is 1. The van der Waals surface area contributed by atoms with E-state index in [0.29, 0.717) is 45.6 Å². The maximum absolute atomic E-state index is 15.0. The summed E-state index contributed by atoms with van der Waals surface area (Å²) in [5, 5.41) is 62.1. The fraction of sp³-hybridized carbons (Fsp3) is 0.500. The fourth-order valence-electron chi connectivity index (χ4n) is 11.2. The van der Waals surface area contributed by atoms with E-state index in [1.165, 1.54) is 52.5 Å². The number of ketones is 1. The van der Waals surface area contributed by atoms with E-state index in [0.717, 1.165) is 11.1 Å². The number of nitro groups is 1. The van der Waals surface area contributed by atoms with Crippen molar-refractivity contribution >= 4 is 39.9 Å². The Kier molecular flexibility index (Phi) is 15.6. The average Bonchev–Trinajstić information content (AvgIpc) is 4.30. The van der Waals surface area contributed by atoms with E-state index in [2.05, 4.69) is 20.2 Å². The van der Waals surface area contributed by atoms with Crippen LogP contribution in [-0.4, -0.2) is 126 Å². The number of methoxy groups -OCH3 is 1. The maximum Gasteiger partial charge on any atom is 0.414 e. The number of nitrogens with zero attached hydrogens (tertiary/aromatic N) is 6. The lowest BCUT2D eigenvalue weighted by molar-refractivity contribution is -0.389. The summed E-state index contributed by atoms with van der Waals surface area (Å²) in [6.45, 7) is 15.4. The van der Waals surface area contributed by atoms with Crippen LogP contribution in [0, 0.1) is 40.7 Å². The van der Waals surface area contributed by atoms with Crippen LogP contribution in [0.25, 0.3) is 10.8 Å². The number of aromatic nitrogens is 2. The van der Waals surface area contributed by atoms with Crippen molar-refractivity contribution in [3.05, 3.63) is 110 Å². The molecular formula is C56H67N7O15. The first-order chi connectivity index (χ1) is 37.0. The monoisotopic (exact) mass is 1080 g/mol. The number of piperidine rings is 1. The van der Waals surface area contributed by atoms with E-state index in [1.54, 1.807) is 51.3 Å². The fourth-order valence-corrected chi connectivity index (χ4v) is 11.2. The largest absolute Gasteiger partial charge is 0.507 e. The Morgan fingerprint density at radius 3 is 2.35 bits per heavy atom. The van der Waals surface area contributed by atoms with E-state index in [1.807, 2.05) is 24.3 Å². The van der Waals surface area contributed by atoms with E-state index < -0.39 is 93.6 Å². The summed E-state index contributed by atoms with van der Waals surface area (Å²) in [5.41, 5.74) is 1.58. The van der Waals surface area contributed by atoms with Gasteiger partial charge in [0.25, 0.3) is 11.7 Å². The molecule has 0 unspecified atom stereocenters. The maximum atomic E-state index is 15.0. The molecule has 0 saturated carbocycles. The van der Waals surface area contributed by atoms with Crippen LogP contribution in [0.2, 0.25) is 0 Å². The molecule has 416 valence electrons. The molecule has 78 heavy (non-hydrogen) atoms. The highest BCUT2D eigenvalue weighted by molar-refractivity contribution is 6.21. The molecule has 5 aliphatic rings. The molecule has 22 heteroatoms. The number of hydrogen-bond acceptors (Lipinski definition) is 19. The van der Waals surface area contributed by atoms with Gasteiger partial charge in [-0.15, -0.1) is 0 Å². The third kappa shape index (κ3) is 10.6. The number of phenolic OH excluding ortho intramolecular Hbond substituents is 2. The molecule has 0 aliphatic carbocycles. The minimum atomic E-state index is -2.01. The van der Waals surface area contributed by atoms with Crippen molar-refractivity contribution in [3.63, 3.8) is 0 Å². The zero-order valence-electron chi connectivity index (χ0n) is 45.1. The van der Waals surface area contributed by atoms with E-state index in [9.17, 15) is 44.9 Å². The lowest BCUT2D eigenvalue weighted by atomic mass is 9.78. The number of likely N-dealkylation sites (tertiary alicyclic amines) is 1. The van der Waals surface area contributed by atoms with Crippen LogP contribution < -0.4 is 25.5 Å². The first-order valence-electron chi connectivity index (χ1n) is 26.1. The number of carbonyl (C=O) groups is 3. The zero-order chi connectivity index (χ0) is 56.1. The van der Waals surface area contributed by atoms with Gasteiger partial charge < -0.3 is 64.3 Å². The summed E-state index contributed by atoms with van der Waals surface area (Å²) in [6.07, 6.45) is 5.63. The van der Waals surface area contributed by atoms with Gasteiger partial charge in [0.15, 0.2) is 5.75 Å². The third-order valence-electron chi connectivity index (χ3n) is 15.9. The Morgan fingerprint density at radius 1 is 0.962 bits per heavy atom. The first kappa shape index (κ1) is 55.5. The lowest BCUT2D eigenvalue weighted by Crippen LogP contribution is -2.46. The summed E-state index contributed by atoms with van der Waals surface area (Å²) < 4.78 is 37.4. The van der Waals surface area contributed by atoms with E-state index in [4.69, 9.17) is 33.4 Å². The Hall–Kier alpha value is -7.24. The number of hydrogen-bond donors (Lipinski definition) is 5. The Morgan fingerprint density at radius 2 is 1.67 bits per heavy atom. The molecule has 1 fully saturated rings. The standard InChI is InChI=1S/C56H67N7O15/c1-28-11-10-12-29(2)53(70)58-45-44-43(59-56(60-44)18-20-61(21-19-56)23-35-13-15-36(16-14-35)26-74-37-24-62-25-39(63(71)72)57-54(62)75-27-37)40-41(49(45)68)48(67)33(6)51-42(40)52(69)55(8,78-51)76-22-17-38(73-9)30(3)50(77-34(7)64)32(5)47(66)31(4)46(28)65/h10-17,22,25,28,30-32,37-38,46-47,50,59,65-68H,18-21,23-24,26-27H2,1-9H3/b11-10+,22-17+,29-12-,58-45?/t28-,30+,31+,32+,37-,38-,46-,47+,50+,55-/m0/s1. The number of allylic oxidation sites excluding steroid dienone is 2. The molecule has 22 nitrogen and oxygen atoms in total. The van der Waals surface area contributed by atoms with E-state index >= 15 is 0 Å². The van der Waals surface area contributed by atoms with Gasteiger partial charge in [-0.3, -0.25) is 28.8 Å². The minimum absolute atomic E-state index is 0.00726. The average molecular weight is 1080 g/mol. The number of aliphatic hydroxyl groups is 2. The molecule has 6 heterocycles. The van der Waals surface area contributed by atoms with Crippen LogP contribution in [0.4, 0.5) is 11.5 Å². The molecule has 4 aromatic rings. The number of imidazole rings is 1. The Labute approximate surface area is 449 Å².